The van der Waals surface area contributed by atoms with Crippen molar-refractivity contribution in [3.8, 4) is 11.3 Å². The van der Waals surface area contributed by atoms with E-state index < -0.39 is 12.2 Å². The van der Waals surface area contributed by atoms with E-state index >= 15 is 0 Å². The Morgan fingerprint density at radius 3 is 2.03 bits per heavy atom. The predicted molar refractivity (Wildman–Crippen MR) is 141 cm³/mol. The van der Waals surface area contributed by atoms with Crippen molar-refractivity contribution in [3.05, 3.63) is 41.3 Å². The quantitative estimate of drug-likeness (QED) is 0.256. The number of rotatable bonds is 11. The van der Waals surface area contributed by atoms with Crippen LogP contribution in [0.2, 0.25) is 0 Å². The Labute approximate surface area is 224 Å². The molecule has 0 radical (unpaired) electrons. The second kappa shape index (κ2) is 13.3. The summed E-state index contributed by atoms with van der Waals surface area (Å²) in [6, 6.07) is 3.81. The molecule has 2 aromatic heterocycles. The summed E-state index contributed by atoms with van der Waals surface area (Å²) in [5.41, 5.74) is 4.63. The van der Waals surface area contributed by atoms with Crippen molar-refractivity contribution in [2.24, 2.45) is 5.92 Å². The van der Waals surface area contributed by atoms with Gasteiger partial charge in [-0.25, -0.2) is 9.59 Å². The summed E-state index contributed by atoms with van der Waals surface area (Å²) in [4.78, 5) is 36.5. The van der Waals surface area contributed by atoms with Crippen LogP contribution < -0.4 is 15.2 Å². The summed E-state index contributed by atoms with van der Waals surface area (Å²) in [6.07, 6.45) is 4.91. The normalized spacial score (nSPS) is 12.6. The summed E-state index contributed by atoms with van der Waals surface area (Å²) in [5.74, 6) is 0.00969. The number of fused-ring (bicyclic) bond motifs is 1. The predicted octanol–water partition coefficient (Wildman–Crippen LogP) is 4.20. The van der Waals surface area contributed by atoms with E-state index in [9.17, 15) is 14.4 Å². The number of aromatic nitrogens is 2. The highest BCUT2D eigenvalue weighted by molar-refractivity contribution is 5.71. The number of carbonyl (C=O) groups excluding carboxylic acids is 3. The summed E-state index contributed by atoms with van der Waals surface area (Å²) >= 11 is 0. The highest BCUT2D eigenvalue weighted by atomic mass is 16.6. The highest BCUT2D eigenvalue weighted by Gasteiger charge is 2.28. The Kier molecular flexibility index (Phi) is 10.2. The highest BCUT2D eigenvalue weighted by Crippen LogP contribution is 2.36. The molecule has 2 N–H and O–H groups in total. The van der Waals surface area contributed by atoms with Crippen molar-refractivity contribution in [1.29, 1.82) is 0 Å². The van der Waals surface area contributed by atoms with Crippen molar-refractivity contribution < 1.29 is 33.2 Å². The Bertz CT molecular complexity index is 1120. The van der Waals surface area contributed by atoms with Gasteiger partial charge in [0, 0.05) is 59.6 Å². The Morgan fingerprint density at radius 1 is 0.895 bits per heavy atom. The van der Waals surface area contributed by atoms with E-state index in [4.69, 9.17) is 14.2 Å². The molecule has 1 aliphatic rings. The molecule has 0 saturated heterocycles. The van der Waals surface area contributed by atoms with E-state index in [2.05, 4.69) is 15.2 Å². The SMILES string of the molecule is CC(C)CC(=O)OC[n+]1ccc(-c2c(COC(=O)NC(C)C)c(COC(=O)NC(C)C)c3n2CCC3)cc1. The molecule has 0 spiro atoms. The van der Waals surface area contributed by atoms with Gasteiger partial charge < -0.3 is 29.4 Å². The minimum Gasteiger partial charge on any atom is -0.445 e. The van der Waals surface area contributed by atoms with E-state index in [1.165, 1.54) is 0 Å². The van der Waals surface area contributed by atoms with Gasteiger partial charge in [-0.1, -0.05) is 13.8 Å². The molecule has 0 aromatic carbocycles. The molecule has 2 aromatic rings. The maximum atomic E-state index is 12.3. The molecule has 2 amide bonds. The van der Waals surface area contributed by atoms with Crippen molar-refractivity contribution in [3.63, 3.8) is 0 Å². The lowest BCUT2D eigenvalue weighted by Gasteiger charge is -2.14. The van der Waals surface area contributed by atoms with Crippen LogP contribution in [0.1, 0.15) is 71.2 Å². The lowest BCUT2D eigenvalue weighted by Crippen LogP contribution is -2.35. The third-order valence-corrected chi connectivity index (χ3v) is 6.01. The zero-order chi connectivity index (χ0) is 27.8. The van der Waals surface area contributed by atoms with Crippen molar-refractivity contribution >= 4 is 18.2 Å². The number of hydrogen-bond acceptors (Lipinski definition) is 6. The fourth-order valence-electron chi connectivity index (χ4n) is 4.44. The van der Waals surface area contributed by atoms with E-state index in [0.717, 1.165) is 47.5 Å². The average molecular weight is 530 g/mol. The number of ether oxygens (including phenoxy) is 3. The number of pyridine rings is 1. The van der Waals surface area contributed by atoms with Crippen molar-refractivity contribution in [1.82, 2.24) is 15.2 Å². The smallest absolute Gasteiger partial charge is 0.407 e. The average Bonchev–Trinajstić information content (AvgIpc) is 3.40. The lowest BCUT2D eigenvalue weighted by atomic mass is 10.0. The van der Waals surface area contributed by atoms with Gasteiger partial charge >= 0.3 is 18.2 Å². The zero-order valence-electron chi connectivity index (χ0n) is 23.3. The van der Waals surface area contributed by atoms with Crippen LogP contribution in [-0.2, 0) is 51.9 Å². The maximum Gasteiger partial charge on any atom is 0.407 e. The molecular formula is C28H41N4O6+. The second-order valence-electron chi connectivity index (χ2n) is 10.6. The molecule has 3 heterocycles. The summed E-state index contributed by atoms with van der Waals surface area (Å²) in [5, 5.41) is 5.49. The fourth-order valence-corrected chi connectivity index (χ4v) is 4.44. The second-order valence-corrected chi connectivity index (χ2v) is 10.6. The minimum absolute atomic E-state index is 0.0407. The molecule has 1 aliphatic heterocycles. The maximum absolute atomic E-state index is 12.3. The number of nitrogens with one attached hydrogen (secondary N) is 2. The van der Waals surface area contributed by atoms with Crippen LogP contribution in [0, 0.1) is 5.92 Å². The van der Waals surface area contributed by atoms with Gasteiger partial charge in [0.05, 0.1) is 5.69 Å². The Morgan fingerprint density at radius 2 is 1.47 bits per heavy atom. The number of carbonyl (C=O) groups is 3. The first-order valence-corrected chi connectivity index (χ1v) is 13.3. The number of esters is 1. The first kappa shape index (κ1) is 29.0. The van der Waals surface area contributed by atoms with Gasteiger partial charge in [-0.2, -0.15) is 4.57 Å². The van der Waals surface area contributed by atoms with Gasteiger partial charge in [0.15, 0.2) is 12.4 Å². The largest absolute Gasteiger partial charge is 0.445 e. The van der Waals surface area contributed by atoms with Gasteiger partial charge in [-0.15, -0.1) is 0 Å². The number of nitrogens with zero attached hydrogens (tertiary/aromatic N) is 2. The molecule has 10 nitrogen and oxygen atoms in total. The molecule has 3 rings (SSSR count). The van der Waals surface area contributed by atoms with Crippen LogP contribution in [0.25, 0.3) is 11.3 Å². The van der Waals surface area contributed by atoms with Gasteiger partial charge in [0.1, 0.15) is 13.2 Å². The van der Waals surface area contributed by atoms with Gasteiger partial charge in [-0.3, -0.25) is 4.79 Å². The molecule has 0 saturated carbocycles. The van der Waals surface area contributed by atoms with Crippen molar-refractivity contribution in [2.45, 2.75) is 99.4 Å². The number of hydrogen-bond donors (Lipinski definition) is 2. The van der Waals surface area contributed by atoms with E-state index in [0.29, 0.717) is 6.42 Å². The molecule has 0 atom stereocenters. The van der Waals surface area contributed by atoms with Crippen LogP contribution in [0.5, 0.6) is 0 Å². The van der Waals surface area contributed by atoms with Crippen molar-refractivity contribution in [2.75, 3.05) is 0 Å². The fraction of sp³-hybridized carbons (Fsp3) is 0.571. The zero-order valence-corrected chi connectivity index (χ0v) is 23.3. The molecule has 0 aliphatic carbocycles. The van der Waals surface area contributed by atoms with Crippen LogP contribution in [0.3, 0.4) is 0 Å². The Hall–Kier alpha value is -3.56. The Balaban J connectivity index is 1.88. The van der Waals surface area contributed by atoms with Gasteiger partial charge in [0.2, 0.25) is 0 Å². The number of amides is 2. The van der Waals surface area contributed by atoms with Crippen LogP contribution in [0.4, 0.5) is 9.59 Å². The molecule has 0 bridgehead atoms. The number of alkyl carbamates (subject to hydrolysis) is 2. The third-order valence-electron chi connectivity index (χ3n) is 6.01. The molecule has 10 heteroatoms. The molecule has 38 heavy (non-hydrogen) atoms. The van der Waals surface area contributed by atoms with E-state index in [1.54, 1.807) is 4.57 Å². The monoisotopic (exact) mass is 529 g/mol. The van der Waals surface area contributed by atoms with Gasteiger partial charge in [0.25, 0.3) is 6.73 Å². The minimum atomic E-state index is -0.504. The molecule has 0 unspecified atom stereocenters. The summed E-state index contributed by atoms with van der Waals surface area (Å²) in [6.45, 7) is 12.5. The van der Waals surface area contributed by atoms with Gasteiger partial charge in [-0.05, 0) is 46.5 Å². The summed E-state index contributed by atoms with van der Waals surface area (Å²) in [7, 11) is 0. The van der Waals surface area contributed by atoms with Crippen LogP contribution in [-0.4, -0.2) is 34.8 Å². The van der Waals surface area contributed by atoms with Crippen LogP contribution >= 0.6 is 0 Å². The first-order chi connectivity index (χ1) is 18.0. The molecule has 0 fully saturated rings. The third kappa shape index (κ3) is 7.97. The topological polar surface area (TPSA) is 112 Å². The molecule has 208 valence electrons. The van der Waals surface area contributed by atoms with E-state index in [-0.39, 0.29) is 43.9 Å². The summed E-state index contributed by atoms with van der Waals surface area (Å²) < 4.78 is 20.5. The van der Waals surface area contributed by atoms with E-state index in [1.807, 2.05) is 66.1 Å². The lowest BCUT2D eigenvalue weighted by molar-refractivity contribution is -0.727. The standard InChI is InChI=1S/C28H40N4O6/c1-18(2)14-25(33)38-17-31-12-9-21(10-13-31)26-23(16-37-28(35)30-20(5)6)22(24-8-7-11-32(24)26)15-36-27(34)29-19(3)4/h9-10,12-13,18-20H,7-8,11,14-17H2,1-6H3,(H-,29,30,34,35)/p+1. The van der Waals surface area contributed by atoms with Crippen LogP contribution in [0.15, 0.2) is 24.5 Å². The molecular weight excluding hydrogens is 488 g/mol. The first-order valence-electron chi connectivity index (χ1n) is 13.3.